The average molecular weight is 420 g/mol. The van der Waals surface area contributed by atoms with Gasteiger partial charge in [0, 0.05) is 12.6 Å². The second kappa shape index (κ2) is 5.98. The second-order valence-corrected chi connectivity index (χ2v) is 5.58. The second-order valence-electron chi connectivity index (χ2n) is 4.03. The van der Waals surface area contributed by atoms with Crippen LogP contribution in [0.5, 0.6) is 0 Å². The molecular weight excluding hydrogens is 411 g/mol. The van der Waals surface area contributed by atoms with Gasteiger partial charge in [-0.3, -0.25) is 0 Å². The minimum Gasteiger partial charge on any atom is -0.370 e. The van der Waals surface area contributed by atoms with Crippen molar-refractivity contribution in [2.24, 2.45) is 0 Å². The molecule has 0 spiro atoms. The third kappa shape index (κ3) is 3.70. The van der Waals surface area contributed by atoms with Gasteiger partial charge < -0.3 is 14.3 Å². The van der Waals surface area contributed by atoms with Crippen molar-refractivity contribution >= 4 is 45.8 Å². The first-order valence-corrected chi connectivity index (χ1v) is 6.99. The van der Waals surface area contributed by atoms with Gasteiger partial charge in [-0.05, 0) is 40.9 Å². The van der Waals surface area contributed by atoms with E-state index < -0.39 is 18.6 Å². The van der Waals surface area contributed by atoms with Crippen LogP contribution in [-0.2, 0) is 11.3 Å². The summed E-state index contributed by atoms with van der Waals surface area (Å²) in [5.74, 6) is -0.406. The molecular formula is C11H9F4IN2OS. The molecule has 0 saturated heterocycles. The van der Waals surface area contributed by atoms with E-state index in [4.69, 9.17) is 12.2 Å². The largest absolute Gasteiger partial charge is 0.411 e. The molecule has 0 amide bonds. The van der Waals surface area contributed by atoms with Crippen molar-refractivity contribution in [2.75, 3.05) is 13.2 Å². The molecule has 0 aliphatic heterocycles. The van der Waals surface area contributed by atoms with Crippen LogP contribution in [0.25, 0.3) is 11.0 Å². The molecule has 1 heterocycles. The molecule has 1 N–H and O–H groups in total. The topological polar surface area (TPSA) is 29.9 Å². The Labute approximate surface area is 130 Å². The molecule has 2 rings (SSSR count). The van der Waals surface area contributed by atoms with Crippen LogP contribution in [0.1, 0.15) is 0 Å². The highest BCUT2D eigenvalue weighted by atomic mass is 127. The predicted octanol–water partition coefficient (Wildman–Crippen LogP) is 4.02. The number of ether oxygens (including phenoxy) is 1. The Bertz CT molecular complexity index is 679. The van der Waals surface area contributed by atoms with E-state index in [-0.39, 0.29) is 13.2 Å². The van der Waals surface area contributed by atoms with Crippen LogP contribution in [0, 0.1) is 14.2 Å². The van der Waals surface area contributed by atoms with Gasteiger partial charge in [0.15, 0.2) is 4.77 Å². The fraction of sp³-hybridized carbons (Fsp3) is 0.364. The molecule has 0 atom stereocenters. The first-order valence-electron chi connectivity index (χ1n) is 5.50. The third-order valence-electron chi connectivity index (χ3n) is 2.54. The van der Waals surface area contributed by atoms with Gasteiger partial charge in [-0.15, -0.1) is 0 Å². The lowest BCUT2D eigenvalue weighted by molar-refractivity contribution is -0.174. The van der Waals surface area contributed by atoms with E-state index in [0.29, 0.717) is 19.4 Å². The lowest BCUT2D eigenvalue weighted by Gasteiger charge is -2.08. The quantitative estimate of drug-likeness (QED) is 0.351. The lowest BCUT2D eigenvalue weighted by atomic mass is 10.3. The van der Waals surface area contributed by atoms with Crippen molar-refractivity contribution in [3.8, 4) is 0 Å². The van der Waals surface area contributed by atoms with Gasteiger partial charge in [-0.1, -0.05) is 0 Å². The van der Waals surface area contributed by atoms with E-state index in [0.717, 1.165) is 0 Å². The van der Waals surface area contributed by atoms with Crippen LogP contribution in [0.2, 0.25) is 0 Å². The molecule has 0 aliphatic carbocycles. The lowest BCUT2D eigenvalue weighted by Crippen LogP contribution is -2.19. The Morgan fingerprint density at radius 2 is 2.05 bits per heavy atom. The molecule has 1 aromatic carbocycles. The number of imidazole rings is 1. The Balaban J connectivity index is 2.16. The van der Waals surface area contributed by atoms with Crippen molar-refractivity contribution in [2.45, 2.75) is 12.7 Å². The first-order chi connectivity index (χ1) is 9.28. The highest BCUT2D eigenvalue weighted by Crippen LogP contribution is 2.21. The summed E-state index contributed by atoms with van der Waals surface area (Å²) in [6.07, 6.45) is -4.36. The Hall–Kier alpha value is -0.680. The molecule has 0 bridgehead atoms. The van der Waals surface area contributed by atoms with Gasteiger partial charge in [-0.2, -0.15) is 13.2 Å². The SMILES string of the molecule is Fc1cc2c(cc1I)[nH]c(=S)n2CCOCC(F)(F)F. The molecule has 0 aliphatic rings. The summed E-state index contributed by atoms with van der Waals surface area (Å²) in [5.41, 5.74) is 1.14. The van der Waals surface area contributed by atoms with Gasteiger partial charge in [0.05, 0.1) is 21.2 Å². The number of rotatable bonds is 4. The number of hydrogen-bond acceptors (Lipinski definition) is 2. The van der Waals surface area contributed by atoms with Crippen molar-refractivity contribution in [1.29, 1.82) is 0 Å². The van der Waals surface area contributed by atoms with Crippen LogP contribution in [0.3, 0.4) is 0 Å². The minimum absolute atomic E-state index is 0.120. The van der Waals surface area contributed by atoms with Crippen LogP contribution in [-0.4, -0.2) is 28.9 Å². The molecule has 20 heavy (non-hydrogen) atoms. The molecule has 0 fully saturated rings. The van der Waals surface area contributed by atoms with Crippen LogP contribution >= 0.6 is 34.8 Å². The van der Waals surface area contributed by atoms with Crippen LogP contribution in [0.4, 0.5) is 17.6 Å². The molecule has 1 aromatic heterocycles. The van der Waals surface area contributed by atoms with Gasteiger partial charge in [0.25, 0.3) is 0 Å². The number of H-pyrrole nitrogens is 1. The number of aromatic nitrogens is 2. The highest BCUT2D eigenvalue weighted by molar-refractivity contribution is 14.1. The zero-order valence-corrected chi connectivity index (χ0v) is 12.9. The highest BCUT2D eigenvalue weighted by Gasteiger charge is 2.27. The van der Waals surface area contributed by atoms with Gasteiger partial charge in [-0.25, -0.2) is 4.39 Å². The summed E-state index contributed by atoms with van der Waals surface area (Å²) in [6, 6.07) is 2.89. The molecule has 3 nitrogen and oxygen atoms in total. The normalized spacial score (nSPS) is 12.2. The standard InChI is InChI=1S/C11H9F4IN2OS/c12-6-3-9-8(4-7(6)16)17-10(20)18(9)1-2-19-5-11(13,14)15/h3-4H,1-2,5H2,(H,17,20). The smallest absolute Gasteiger partial charge is 0.370 e. The molecule has 0 saturated carbocycles. The van der Waals surface area contributed by atoms with E-state index in [1.165, 1.54) is 10.6 Å². The van der Waals surface area contributed by atoms with Crippen molar-refractivity contribution in [3.05, 3.63) is 26.3 Å². The molecule has 2 aromatic rings. The Kier molecular flexibility index (Phi) is 4.69. The molecule has 110 valence electrons. The number of nitrogens with zero attached hydrogens (tertiary/aromatic N) is 1. The number of alkyl halides is 3. The summed E-state index contributed by atoms with van der Waals surface area (Å²) >= 11 is 6.92. The minimum atomic E-state index is -4.36. The zero-order chi connectivity index (χ0) is 14.9. The maximum Gasteiger partial charge on any atom is 0.411 e. The molecule has 9 heteroatoms. The van der Waals surface area contributed by atoms with Crippen LogP contribution in [0.15, 0.2) is 12.1 Å². The monoisotopic (exact) mass is 420 g/mol. The number of aromatic amines is 1. The van der Waals surface area contributed by atoms with Gasteiger partial charge in [0.2, 0.25) is 0 Å². The van der Waals surface area contributed by atoms with Crippen LogP contribution < -0.4 is 0 Å². The maximum absolute atomic E-state index is 13.5. The van der Waals surface area contributed by atoms with E-state index in [2.05, 4.69) is 9.72 Å². The van der Waals surface area contributed by atoms with Gasteiger partial charge in [0.1, 0.15) is 12.4 Å². The van der Waals surface area contributed by atoms with E-state index >= 15 is 0 Å². The fourth-order valence-corrected chi connectivity index (χ4v) is 2.48. The zero-order valence-electron chi connectivity index (χ0n) is 9.93. The van der Waals surface area contributed by atoms with Crippen molar-refractivity contribution in [1.82, 2.24) is 9.55 Å². The van der Waals surface area contributed by atoms with Gasteiger partial charge >= 0.3 is 6.18 Å². The first kappa shape index (κ1) is 15.7. The summed E-state index contributed by atoms with van der Waals surface area (Å²) in [7, 11) is 0. The maximum atomic E-state index is 13.5. The summed E-state index contributed by atoms with van der Waals surface area (Å²) in [6.45, 7) is -1.35. The predicted molar refractivity (Wildman–Crippen MR) is 76.7 cm³/mol. The molecule has 0 unspecified atom stereocenters. The van der Waals surface area contributed by atoms with Crippen molar-refractivity contribution < 1.29 is 22.3 Å². The number of halogens is 5. The van der Waals surface area contributed by atoms with Crippen molar-refractivity contribution in [3.63, 3.8) is 0 Å². The van der Waals surface area contributed by atoms with E-state index in [9.17, 15) is 17.6 Å². The van der Waals surface area contributed by atoms with E-state index in [1.807, 2.05) is 22.6 Å². The third-order valence-corrected chi connectivity index (χ3v) is 3.69. The Morgan fingerprint density at radius 1 is 1.35 bits per heavy atom. The number of fused-ring (bicyclic) bond motifs is 1. The Morgan fingerprint density at radius 3 is 2.70 bits per heavy atom. The number of nitrogens with one attached hydrogen (secondary N) is 1. The summed E-state index contributed by atoms with van der Waals surface area (Å²) in [5, 5.41) is 0. The summed E-state index contributed by atoms with van der Waals surface area (Å²) in [4.78, 5) is 2.88. The fourth-order valence-electron chi connectivity index (χ4n) is 1.72. The van der Waals surface area contributed by atoms with E-state index in [1.54, 1.807) is 6.07 Å². The average Bonchev–Trinajstić information content (AvgIpc) is 2.60. The number of hydrogen-bond donors (Lipinski definition) is 1. The molecule has 0 radical (unpaired) electrons. The summed E-state index contributed by atoms with van der Waals surface area (Å²) < 4.78 is 56.2. The number of benzene rings is 1.